The van der Waals surface area contributed by atoms with Gasteiger partial charge in [0, 0.05) is 19.1 Å². The number of carbonyl (C=O) groups is 2. The Morgan fingerprint density at radius 3 is 2.49 bits per heavy atom. The second-order valence-corrected chi connectivity index (χ2v) is 7.39. The van der Waals surface area contributed by atoms with Gasteiger partial charge in [-0.15, -0.1) is 0 Å². The van der Waals surface area contributed by atoms with Crippen molar-refractivity contribution < 1.29 is 41.4 Å². The van der Waals surface area contributed by atoms with Crippen molar-refractivity contribution in [1.82, 2.24) is 0 Å². The van der Waals surface area contributed by atoms with Crippen LogP contribution in [0.25, 0.3) is 11.3 Å². The maximum Gasteiger partial charge on any atom is 0.416 e. The summed E-state index contributed by atoms with van der Waals surface area (Å²) in [6.07, 6.45) is -4.38. The normalized spacial score (nSPS) is 11.2. The molecule has 0 saturated heterocycles. The number of alkyl halides is 3. The third-order valence-corrected chi connectivity index (χ3v) is 4.79. The lowest BCUT2D eigenvalue weighted by molar-refractivity contribution is -0.147. The highest BCUT2D eigenvalue weighted by Crippen LogP contribution is 2.35. The predicted octanol–water partition coefficient (Wildman–Crippen LogP) is 5.11. The number of hydrogen-bond donors (Lipinski definition) is 1. The van der Waals surface area contributed by atoms with Crippen LogP contribution in [0.5, 0.6) is 5.75 Å². The number of amides is 1. The van der Waals surface area contributed by atoms with Crippen molar-refractivity contribution in [2.45, 2.75) is 19.0 Å². The number of halogens is 3. The Bertz CT molecular complexity index is 1130. The van der Waals surface area contributed by atoms with Crippen LogP contribution < -0.4 is 10.1 Å². The average molecular weight is 491 g/mol. The van der Waals surface area contributed by atoms with Gasteiger partial charge in [0.2, 0.25) is 0 Å². The SMILES string of the molecule is COCCOc1ccc(C(F)(F)F)cc1NC(=O)COC(=O)CCc1ccc(-c2ccccc2)o1. The van der Waals surface area contributed by atoms with E-state index in [4.69, 9.17) is 18.6 Å². The van der Waals surface area contributed by atoms with Gasteiger partial charge in [-0.05, 0) is 30.3 Å². The molecule has 0 bridgehead atoms. The van der Waals surface area contributed by atoms with E-state index in [2.05, 4.69) is 5.32 Å². The van der Waals surface area contributed by atoms with Crippen molar-refractivity contribution >= 4 is 17.6 Å². The smallest absolute Gasteiger partial charge is 0.416 e. The van der Waals surface area contributed by atoms with Gasteiger partial charge in [0.05, 0.1) is 24.3 Å². The van der Waals surface area contributed by atoms with E-state index in [1.807, 2.05) is 30.3 Å². The molecule has 2 aromatic carbocycles. The van der Waals surface area contributed by atoms with Crippen molar-refractivity contribution in [1.29, 1.82) is 0 Å². The number of carbonyl (C=O) groups excluding carboxylic acids is 2. The number of hydrogen-bond acceptors (Lipinski definition) is 6. The number of rotatable bonds is 11. The monoisotopic (exact) mass is 491 g/mol. The lowest BCUT2D eigenvalue weighted by Crippen LogP contribution is -2.22. The number of anilines is 1. The summed E-state index contributed by atoms with van der Waals surface area (Å²) in [6, 6.07) is 15.7. The first kappa shape index (κ1) is 25.8. The zero-order valence-corrected chi connectivity index (χ0v) is 18.9. The summed E-state index contributed by atoms with van der Waals surface area (Å²) in [4.78, 5) is 24.3. The molecule has 3 rings (SSSR count). The maximum absolute atomic E-state index is 13.1. The number of furan rings is 1. The molecule has 10 heteroatoms. The second-order valence-electron chi connectivity index (χ2n) is 7.39. The van der Waals surface area contributed by atoms with Crippen LogP contribution in [0.3, 0.4) is 0 Å². The van der Waals surface area contributed by atoms with Gasteiger partial charge in [-0.25, -0.2) is 0 Å². The zero-order chi connectivity index (χ0) is 25.3. The Morgan fingerprint density at radius 1 is 1.00 bits per heavy atom. The molecule has 0 fully saturated rings. The highest BCUT2D eigenvalue weighted by molar-refractivity contribution is 5.94. The predicted molar refractivity (Wildman–Crippen MR) is 121 cm³/mol. The number of methoxy groups -OCH3 is 1. The average Bonchev–Trinajstić information content (AvgIpc) is 3.31. The largest absolute Gasteiger partial charge is 0.489 e. The Labute approximate surface area is 199 Å². The van der Waals surface area contributed by atoms with Gasteiger partial charge in [-0.1, -0.05) is 30.3 Å². The van der Waals surface area contributed by atoms with E-state index in [-0.39, 0.29) is 37.5 Å². The van der Waals surface area contributed by atoms with E-state index in [1.165, 1.54) is 7.11 Å². The Hall–Kier alpha value is -3.79. The van der Waals surface area contributed by atoms with Gasteiger partial charge in [-0.3, -0.25) is 9.59 Å². The van der Waals surface area contributed by atoms with Crippen molar-refractivity contribution in [2.24, 2.45) is 0 Å². The third-order valence-electron chi connectivity index (χ3n) is 4.79. The van der Waals surface area contributed by atoms with E-state index in [1.54, 1.807) is 12.1 Å². The van der Waals surface area contributed by atoms with E-state index >= 15 is 0 Å². The summed E-state index contributed by atoms with van der Waals surface area (Å²) >= 11 is 0. The molecule has 1 heterocycles. The van der Waals surface area contributed by atoms with E-state index in [0.717, 1.165) is 23.8 Å². The van der Waals surface area contributed by atoms with Crippen LogP contribution in [0, 0.1) is 0 Å². The van der Waals surface area contributed by atoms with Crippen LogP contribution in [0.2, 0.25) is 0 Å². The van der Waals surface area contributed by atoms with Gasteiger partial charge in [0.1, 0.15) is 23.9 Å². The fourth-order valence-corrected chi connectivity index (χ4v) is 3.06. The number of nitrogens with one attached hydrogen (secondary N) is 1. The minimum atomic E-state index is -4.61. The second kappa shape index (κ2) is 12.1. The number of aryl methyl sites for hydroxylation is 1. The summed E-state index contributed by atoms with van der Waals surface area (Å²) in [6.45, 7) is -0.396. The minimum Gasteiger partial charge on any atom is -0.489 e. The summed E-state index contributed by atoms with van der Waals surface area (Å²) in [5.41, 5.74) is -0.253. The fraction of sp³-hybridized carbons (Fsp3) is 0.280. The summed E-state index contributed by atoms with van der Waals surface area (Å²) < 4.78 is 60.1. The molecular formula is C25H24F3NO6. The fourth-order valence-electron chi connectivity index (χ4n) is 3.06. The Kier molecular flexibility index (Phi) is 8.91. The molecule has 3 aromatic rings. The topological polar surface area (TPSA) is 87.0 Å². The van der Waals surface area contributed by atoms with E-state index in [0.29, 0.717) is 11.5 Å². The lowest BCUT2D eigenvalue weighted by Gasteiger charge is -2.15. The molecule has 1 aromatic heterocycles. The van der Waals surface area contributed by atoms with Crippen molar-refractivity contribution in [3.05, 3.63) is 72.0 Å². The highest BCUT2D eigenvalue weighted by atomic mass is 19.4. The molecule has 0 aliphatic rings. The first-order valence-electron chi connectivity index (χ1n) is 10.7. The molecule has 0 atom stereocenters. The Morgan fingerprint density at radius 2 is 1.77 bits per heavy atom. The molecule has 186 valence electrons. The molecular weight excluding hydrogens is 467 g/mol. The Balaban J connectivity index is 1.52. The molecule has 0 radical (unpaired) electrons. The molecule has 7 nitrogen and oxygen atoms in total. The van der Waals surface area contributed by atoms with E-state index < -0.39 is 30.2 Å². The number of benzene rings is 2. The zero-order valence-electron chi connectivity index (χ0n) is 18.9. The molecule has 0 aliphatic carbocycles. The summed E-state index contributed by atoms with van der Waals surface area (Å²) in [5.74, 6) is -0.191. The van der Waals surface area contributed by atoms with Crippen LogP contribution >= 0.6 is 0 Å². The third kappa shape index (κ3) is 7.89. The quantitative estimate of drug-likeness (QED) is 0.297. The minimum absolute atomic E-state index is 0.0294. The summed E-state index contributed by atoms with van der Waals surface area (Å²) in [5, 5.41) is 2.30. The molecule has 1 amide bonds. The summed E-state index contributed by atoms with van der Waals surface area (Å²) in [7, 11) is 1.45. The highest BCUT2D eigenvalue weighted by Gasteiger charge is 2.31. The molecule has 35 heavy (non-hydrogen) atoms. The van der Waals surface area contributed by atoms with Crippen LogP contribution in [-0.4, -0.2) is 38.8 Å². The maximum atomic E-state index is 13.1. The molecule has 0 aliphatic heterocycles. The van der Waals surface area contributed by atoms with Gasteiger partial charge in [0.15, 0.2) is 6.61 Å². The van der Waals surface area contributed by atoms with Crippen molar-refractivity contribution in [2.75, 3.05) is 32.2 Å². The van der Waals surface area contributed by atoms with Crippen molar-refractivity contribution in [3.8, 4) is 17.1 Å². The first-order valence-corrected chi connectivity index (χ1v) is 10.7. The van der Waals surface area contributed by atoms with Gasteiger partial charge in [-0.2, -0.15) is 13.2 Å². The van der Waals surface area contributed by atoms with Crippen LogP contribution in [0.4, 0.5) is 18.9 Å². The standard InChI is InChI=1S/C25H24F3NO6/c1-32-13-14-33-22-10-7-18(25(26,27)28)15-20(22)29-23(30)16-34-24(31)12-9-19-8-11-21(35-19)17-5-3-2-4-6-17/h2-8,10-11,15H,9,12-14,16H2,1H3,(H,29,30). The molecule has 1 N–H and O–H groups in total. The molecule has 0 saturated carbocycles. The van der Waals surface area contributed by atoms with Gasteiger partial charge in [0.25, 0.3) is 5.91 Å². The first-order chi connectivity index (χ1) is 16.8. The number of esters is 1. The van der Waals surface area contributed by atoms with Crippen LogP contribution in [0.15, 0.2) is 65.1 Å². The van der Waals surface area contributed by atoms with E-state index in [9.17, 15) is 22.8 Å². The molecule has 0 spiro atoms. The molecule has 0 unspecified atom stereocenters. The van der Waals surface area contributed by atoms with Gasteiger partial charge < -0.3 is 23.9 Å². The number of ether oxygens (including phenoxy) is 3. The van der Waals surface area contributed by atoms with Crippen molar-refractivity contribution in [3.63, 3.8) is 0 Å². The van der Waals surface area contributed by atoms with Crippen LogP contribution in [-0.2, 0) is 31.7 Å². The lowest BCUT2D eigenvalue weighted by atomic mass is 10.1. The van der Waals surface area contributed by atoms with Gasteiger partial charge >= 0.3 is 12.1 Å². The van der Waals surface area contributed by atoms with Crippen LogP contribution in [0.1, 0.15) is 17.7 Å².